The molecule has 2 aromatic rings. The van der Waals surface area contributed by atoms with Crippen LogP contribution in [-0.2, 0) is 0 Å². The number of benzene rings is 1. The summed E-state index contributed by atoms with van der Waals surface area (Å²) in [5, 5.41) is 9.00. The summed E-state index contributed by atoms with van der Waals surface area (Å²) < 4.78 is 28.5. The van der Waals surface area contributed by atoms with Crippen molar-refractivity contribution < 1.29 is 18.6 Å². The van der Waals surface area contributed by atoms with E-state index in [0.29, 0.717) is 10.2 Å². The molecule has 0 spiro atoms. The van der Waals surface area contributed by atoms with Crippen LogP contribution in [0.25, 0.3) is 10.2 Å². The lowest BCUT2D eigenvalue weighted by atomic mass is 10.3. The smallest absolute Gasteiger partial charge is 0.389 e. The van der Waals surface area contributed by atoms with Crippen LogP contribution in [0.3, 0.4) is 0 Å². The van der Waals surface area contributed by atoms with Crippen LogP contribution in [0.1, 0.15) is 0 Å². The Kier molecular flexibility index (Phi) is 2.20. The lowest BCUT2D eigenvalue weighted by Gasteiger charge is -1.95. The summed E-state index contributed by atoms with van der Waals surface area (Å²) in [4.78, 5) is 3.77. The molecule has 0 aliphatic rings. The Bertz CT molecular complexity index is 458. The topological polar surface area (TPSA) is 42.4 Å². The van der Waals surface area contributed by atoms with Crippen LogP contribution in [0.2, 0.25) is 0 Å². The molecule has 1 aromatic heterocycles. The minimum absolute atomic E-state index is 0.0476. The van der Waals surface area contributed by atoms with Gasteiger partial charge in [-0.15, -0.1) is 0 Å². The Morgan fingerprint density at radius 1 is 1.43 bits per heavy atom. The van der Waals surface area contributed by atoms with E-state index < -0.39 is 6.61 Å². The summed E-state index contributed by atoms with van der Waals surface area (Å²) in [7, 11) is 0. The molecule has 0 saturated heterocycles. The van der Waals surface area contributed by atoms with Gasteiger partial charge in [0.2, 0.25) is 0 Å². The quantitative estimate of drug-likeness (QED) is 0.840. The molecule has 3 nitrogen and oxygen atoms in total. The zero-order valence-corrected chi connectivity index (χ0v) is 7.59. The summed E-state index contributed by atoms with van der Waals surface area (Å²) in [6, 6.07) is 4.46. The third-order valence-electron chi connectivity index (χ3n) is 1.54. The highest BCUT2D eigenvalue weighted by atomic mass is 32.1. The van der Waals surface area contributed by atoms with Crippen molar-refractivity contribution in [2.75, 3.05) is 0 Å². The maximum Gasteiger partial charge on any atom is 0.389 e. The molecule has 0 amide bonds. The van der Waals surface area contributed by atoms with Gasteiger partial charge in [-0.2, -0.15) is 8.78 Å². The van der Waals surface area contributed by atoms with Crippen LogP contribution in [-0.4, -0.2) is 16.7 Å². The molecule has 0 saturated carbocycles. The second kappa shape index (κ2) is 3.38. The van der Waals surface area contributed by atoms with E-state index in [0.717, 1.165) is 11.3 Å². The van der Waals surface area contributed by atoms with E-state index >= 15 is 0 Å². The van der Waals surface area contributed by atoms with Crippen molar-refractivity contribution in [1.29, 1.82) is 0 Å². The van der Waals surface area contributed by atoms with E-state index in [4.69, 9.17) is 5.11 Å². The molecule has 1 N–H and O–H groups in total. The van der Waals surface area contributed by atoms with Gasteiger partial charge in [0, 0.05) is 6.07 Å². The van der Waals surface area contributed by atoms with Gasteiger partial charge in [-0.25, -0.2) is 4.98 Å². The molecule has 0 unspecified atom stereocenters. The first-order valence-electron chi connectivity index (χ1n) is 3.69. The lowest BCUT2D eigenvalue weighted by molar-refractivity contribution is -0.0497. The molecule has 14 heavy (non-hydrogen) atoms. The second-order valence-corrected chi connectivity index (χ2v) is 3.50. The first-order chi connectivity index (χ1) is 6.65. The molecular formula is C8H5F2NO2S. The second-order valence-electron chi connectivity index (χ2n) is 2.51. The van der Waals surface area contributed by atoms with Crippen LogP contribution in [0.4, 0.5) is 8.78 Å². The fourth-order valence-corrected chi connectivity index (χ4v) is 1.82. The number of ether oxygens (including phenoxy) is 1. The molecule has 0 atom stereocenters. The SMILES string of the molecule is Oc1ccc2sc(OC(F)F)nc2c1. The zero-order valence-electron chi connectivity index (χ0n) is 6.78. The third kappa shape index (κ3) is 1.74. The number of hydrogen-bond donors (Lipinski definition) is 1. The Morgan fingerprint density at radius 3 is 2.93 bits per heavy atom. The maximum absolute atomic E-state index is 11.8. The summed E-state index contributed by atoms with van der Waals surface area (Å²) in [5.41, 5.74) is 0.450. The minimum Gasteiger partial charge on any atom is -0.508 e. The van der Waals surface area contributed by atoms with Gasteiger partial charge in [-0.3, -0.25) is 0 Å². The first kappa shape index (κ1) is 9.14. The molecule has 2 rings (SSSR count). The van der Waals surface area contributed by atoms with E-state index in [1.54, 1.807) is 6.07 Å². The Labute approximate surface area is 81.6 Å². The highest BCUT2D eigenvalue weighted by Crippen LogP contribution is 2.30. The number of thiazole rings is 1. The van der Waals surface area contributed by atoms with Gasteiger partial charge in [-0.1, -0.05) is 11.3 Å². The predicted octanol–water partition coefficient (Wildman–Crippen LogP) is 2.60. The van der Waals surface area contributed by atoms with Crippen molar-refractivity contribution in [3.05, 3.63) is 18.2 Å². The van der Waals surface area contributed by atoms with E-state index in [9.17, 15) is 8.78 Å². The molecule has 1 aromatic carbocycles. The average Bonchev–Trinajstić information content (AvgIpc) is 2.44. The van der Waals surface area contributed by atoms with Gasteiger partial charge >= 0.3 is 6.61 Å². The van der Waals surface area contributed by atoms with Crippen molar-refractivity contribution in [1.82, 2.24) is 4.98 Å². The normalized spacial score (nSPS) is 11.1. The summed E-state index contributed by atoms with van der Waals surface area (Å²) in [5.74, 6) is 0.0476. The number of fused-ring (bicyclic) bond motifs is 1. The van der Waals surface area contributed by atoms with Gasteiger partial charge in [0.1, 0.15) is 5.75 Å². The number of halogens is 2. The number of phenols is 1. The molecule has 0 aliphatic heterocycles. The Hall–Kier alpha value is -1.43. The minimum atomic E-state index is -2.87. The van der Waals surface area contributed by atoms with Gasteiger partial charge in [-0.05, 0) is 12.1 Å². The first-order valence-corrected chi connectivity index (χ1v) is 4.51. The van der Waals surface area contributed by atoms with Crippen LogP contribution in [0.15, 0.2) is 18.2 Å². The molecule has 0 radical (unpaired) electrons. The van der Waals surface area contributed by atoms with Crippen LogP contribution < -0.4 is 4.74 Å². The molecule has 0 fully saturated rings. The average molecular weight is 217 g/mol. The molecule has 1 heterocycles. The largest absolute Gasteiger partial charge is 0.508 e. The van der Waals surface area contributed by atoms with Crippen LogP contribution in [0.5, 0.6) is 10.9 Å². The Balaban J connectivity index is 2.41. The fraction of sp³-hybridized carbons (Fsp3) is 0.125. The highest BCUT2D eigenvalue weighted by Gasteiger charge is 2.10. The lowest BCUT2D eigenvalue weighted by Crippen LogP contribution is -2.00. The molecule has 6 heteroatoms. The standard InChI is InChI=1S/C8H5F2NO2S/c9-7(10)13-8-11-5-3-4(12)1-2-6(5)14-8/h1-3,7,12H. The van der Waals surface area contributed by atoms with Crippen LogP contribution >= 0.6 is 11.3 Å². The van der Waals surface area contributed by atoms with Gasteiger partial charge in [0.15, 0.2) is 0 Å². The van der Waals surface area contributed by atoms with E-state index in [1.807, 2.05) is 0 Å². The summed E-state index contributed by atoms with van der Waals surface area (Å²) in [6.45, 7) is -2.87. The summed E-state index contributed by atoms with van der Waals surface area (Å²) in [6.07, 6.45) is 0. The molecule has 74 valence electrons. The number of hydrogen-bond acceptors (Lipinski definition) is 4. The molecule has 0 aliphatic carbocycles. The number of phenolic OH excluding ortho intramolecular Hbond substituents is 1. The molecular weight excluding hydrogens is 212 g/mol. The number of nitrogens with zero attached hydrogens (tertiary/aromatic N) is 1. The third-order valence-corrected chi connectivity index (χ3v) is 2.47. The van der Waals surface area contributed by atoms with Gasteiger partial charge < -0.3 is 9.84 Å². The number of alkyl halides is 2. The molecule has 0 bridgehead atoms. The van der Waals surface area contributed by atoms with Crippen LogP contribution in [0, 0.1) is 0 Å². The van der Waals surface area contributed by atoms with E-state index in [2.05, 4.69) is 9.72 Å². The van der Waals surface area contributed by atoms with Crippen molar-refractivity contribution >= 4 is 21.6 Å². The zero-order chi connectivity index (χ0) is 10.1. The summed E-state index contributed by atoms with van der Waals surface area (Å²) >= 11 is 1.01. The van der Waals surface area contributed by atoms with E-state index in [-0.39, 0.29) is 10.9 Å². The predicted molar refractivity (Wildman–Crippen MR) is 47.9 cm³/mol. The fourth-order valence-electron chi connectivity index (χ4n) is 1.02. The number of rotatable bonds is 2. The number of aromatic nitrogens is 1. The monoisotopic (exact) mass is 217 g/mol. The van der Waals surface area contributed by atoms with Crippen molar-refractivity contribution in [2.24, 2.45) is 0 Å². The Morgan fingerprint density at radius 2 is 2.21 bits per heavy atom. The van der Waals surface area contributed by atoms with E-state index in [1.165, 1.54) is 12.1 Å². The van der Waals surface area contributed by atoms with Crippen molar-refractivity contribution in [3.63, 3.8) is 0 Å². The van der Waals surface area contributed by atoms with Gasteiger partial charge in [0.25, 0.3) is 5.19 Å². The van der Waals surface area contributed by atoms with Crippen molar-refractivity contribution in [3.8, 4) is 10.9 Å². The van der Waals surface area contributed by atoms with Gasteiger partial charge in [0.05, 0.1) is 10.2 Å². The maximum atomic E-state index is 11.8. The van der Waals surface area contributed by atoms with Crippen molar-refractivity contribution in [2.45, 2.75) is 6.61 Å². The highest BCUT2D eigenvalue weighted by molar-refractivity contribution is 7.20. The number of aromatic hydroxyl groups is 1.